The third-order valence-electron chi connectivity index (χ3n) is 4.42. The Bertz CT molecular complexity index is 1150. The average Bonchev–Trinajstić information content (AvgIpc) is 2.73. The fourth-order valence-corrected chi connectivity index (χ4v) is 3.35. The highest BCUT2D eigenvalue weighted by Crippen LogP contribution is 2.37. The number of rotatable bonds is 5. The number of nitriles is 1. The standard InChI is InChI=1S/C20H15ClF3N5O2/c1-20(6-12(7-22)31-19(26)29-20)14-5-11(2-3-15(14)21)28-18(30)16-13(17(23)24)4-10(8-25)9-27-16/h2-6,9,17H,7H2,1H3,(H2,26,29)(H,28,30)/t20-/m0/s1. The quantitative estimate of drug-likeness (QED) is 0.709. The van der Waals surface area contributed by atoms with Gasteiger partial charge in [0.15, 0.2) is 0 Å². The number of benzene rings is 1. The van der Waals surface area contributed by atoms with Crippen molar-refractivity contribution in [3.8, 4) is 6.07 Å². The summed E-state index contributed by atoms with van der Waals surface area (Å²) in [6, 6.07) is 6.71. The van der Waals surface area contributed by atoms with Gasteiger partial charge in [-0.25, -0.2) is 23.1 Å². The van der Waals surface area contributed by atoms with Gasteiger partial charge in [0.05, 0.1) is 11.1 Å². The van der Waals surface area contributed by atoms with Crippen LogP contribution in [0.2, 0.25) is 5.02 Å². The Morgan fingerprint density at radius 1 is 1.42 bits per heavy atom. The first-order valence-electron chi connectivity index (χ1n) is 8.77. The molecule has 1 atom stereocenters. The van der Waals surface area contributed by atoms with Gasteiger partial charge in [-0.15, -0.1) is 0 Å². The third-order valence-corrected chi connectivity index (χ3v) is 4.75. The fraction of sp³-hybridized carbons (Fsp3) is 0.200. The SMILES string of the molecule is C[C@@]1(c2cc(NC(=O)c3ncc(C#N)cc3C(F)F)ccc2Cl)C=C(CF)OC(N)=N1. The summed E-state index contributed by atoms with van der Waals surface area (Å²) in [7, 11) is 0. The van der Waals surface area contributed by atoms with Crippen molar-refractivity contribution < 1.29 is 22.7 Å². The van der Waals surface area contributed by atoms with E-state index in [-0.39, 0.29) is 28.1 Å². The highest BCUT2D eigenvalue weighted by atomic mass is 35.5. The van der Waals surface area contributed by atoms with Gasteiger partial charge < -0.3 is 15.8 Å². The summed E-state index contributed by atoms with van der Waals surface area (Å²) >= 11 is 6.28. The van der Waals surface area contributed by atoms with Gasteiger partial charge in [0.1, 0.15) is 29.7 Å². The molecular formula is C20H15ClF3N5O2. The molecule has 0 fully saturated rings. The lowest BCUT2D eigenvalue weighted by Gasteiger charge is -2.28. The number of nitrogens with zero attached hydrogens (tertiary/aromatic N) is 3. The minimum Gasteiger partial charge on any atom is -0.428 e. The summed E-state index contributed by atoms with van der Waals surface area (Å²) in [6.07, 6.45) is -0.587. The molecule has 2 aromatic rings. The van der Waals surface area contributed by atoms with Crippen molar-refractivity contribution in [2.24, 2.45) is 10.7 Å². The number of nitrogens with two attached hydrogens (primary N) is 1. The number of hydrogen-bond acceptors (Lipinski definition) is 6. The van der Waals surface area contributed by atoms with Gasteiger partial charge in [0.25, 0.3) is 18.4 Å². The number of aliphatic imine (C=N–C) groups is 1. The molecular weight excluding hydrogens is 435 g/mol. The predicted molar refractivity (Wildman–Crippen MR) is 107 cm³/mol. The second kappa shape index (κ2) is 8.65. The van der Waals surface area contributed by atoms with Crippen LogP contribution in [0.15, 0.2) is 47.3 Å². The molecule has 0 aliphatic carbocycles. The summed E-state index contributed by atoms with van der Waals surface area (Å²) < 4.78 is 44.8. The van der Waals surface area contributed by atoms with Crippen LogP contribution < -0.4 is 11.1 Å². The second-order valence-electron chi connectivity index (χ2n) is 6.67. The summed E-state index contributed by atoms with van der Waals surface area (Å²) in [6.45, 7) is 0.697. The van der Waals surface area contributed by atoms with E-state index in [0.29, 0.717) is 5.56 Å². The average molecular weight is 450 g/mol. The monoisotopic (exact) mass is 449 g/mol. The zero-order chi connectivity index (χ0) is 22.8. The number of ether oxygens (including phenoxy) is 1. The van der Waals surface area contributed by atoms with Crippen molar-refractivity contribution >= 4 is 29.2 Å². The molecule has 3 N–H and O–H groups in total. The first kappa shape index (κ1) is 22.1. The van der Waals surface area contributed by atoms with Gasteiger partial charge in [-0.05, 0) is 37.3 Å². The van der Waals surface area contributed by atoms with E-state index in [2.05, 4.69) is 15.3 Å². The number of amidine groups is 1. The third kappa shape index (κ3) is 4.62. The van der Waals surface area contributed by atoms with Crippen LogP contribution in [0.5, 0.6) is 0 Å². The number of anilines is 1. The van der Waals surface area contributed by atoms with Gasteiger partial charge in [0.2, 0.25) is 0 Å². The minimum absolute atomic E-state index is 0.0520. The molecule has 11 heteroatoms. The number of pyridine rings is 1. The van der Waals surface area contributed by atoms with Gasteiger partial charge in [0, 0.05) is 22.5 Å². The topological polar surface area (TPSA) is 113 Å². The maximum Gasteiger partial charge on any atom is 0.288 e. The number of aromatic nitrogens is 1. The molecule has 31 heavy (non-hydrogen) atoms. The zero-order valence-electron chi connectivity index (χ0n) is 16.0. The highest BCUT2D eigenvalue weighted by molar-refractivity contribution is 6.31. The smallest absolute Gasteiger partial charge is 0.288 e. The highest BCUT2D eigenvalue weighted by Gasteiger charge is 2.32. The van der Waals surface area contributed by atoms with E-state index in [1.165, 1.54) is 24.3 Å². The number of allylic oxidation sites excluding steroid dienone is 1. The summed E-state index contributed by atoms with van der Waals surface area (Å²) in [5, 5.41) is 11.6. The molecule has 0 saturated heterocycles. The van der Waals surface area contributed by atoms with Gasteiger partial charge in [-0.2, -0.15) is 5.26 Å². The van der Waals surface area contributed by atoms with Crippen molar-refractivity contribution in [2.75, 3.05) is 12.0 Å². The van der Waals surface area contributed by atoms with Crippen molar-refractivity contribution in [1.29, 1.82) is 5.26 Å². The molecule has 0 unspecified atom stereocenters. The Morgan fingerprint density at radius 2 is 2.16 bits per heavy atom. The van der Waals surface area contributed by atoms with Crippen molar-refractivity contribution in [1.82, 2.24) is 4.98 Å². The number of carbonyl (C=O) groups is 1. The number of halogens is 4. The fourth-order valence-electron chi connectivity index (χ4n) is 3.05. The molecule has 160 valence electrons. The molecule has 1 aromatic carbocycles. The van der Waals surface area contributed by atoms with Crippen LogP contribution in [-0.2, 0) is 10.3 Å². The lowest BCUT2D eigenvalue weighted by Crippen LogP contribution is -2.30. The molecule has 1 aliphatic rings. The van der Waals surface area contributed by atoms with E-state index >= 15 is 0 Å². The molecule has 7 nitrogen and oxygen atoms in total. The van der Waals surface area contributed by atoms with Crippen molar-refractivity contribution in [3.63, 3.8) is 0 Å². The molecule has 3 rings (SSSR count). The Hall–Kier alpha value is -3.58. The van der Waals surface area contributed by atoms with Crippen LogP contribution >= 0.6 is 11.6 Å². The number of alkyl halides is 3. The van der Waals surface area contributed by atoms with Crippen LogP contribution in [-0.4, -0.2) is 23.6 Å². The molecule has 1 amide bonds. The van der Waals surface area contributed by atoms with E-state index in [0.717, 1.165) is 12.3 Å². The summed E-state index contributed by atoms with van der Waals surface area (Å²) in [5.74, 6) is -0.961. The van der Waals surface area contributed by atoms with E-state index < -0.39 is 35.8 Å². The zero-order valence-corrected chi connectivity index (χ0v) is 16.8. The Balaban J connectivity index is 1.97. The van der Waals surface area contributed by atoms with Gasteiger partial charge in [-0.1, -0.05) is 11.6 Å². The maximum absolute atomic E-state index is 13.3. The Morgan fingerprint density at radius 3 is 2.81 bits per heavy atom. The maximum atomic E-state index is 13.3. The minimum atomic E-state index is -3.01. The van der Waals surface area contributed by atoms with Crippen molar-refractivity contribution in [3.05, 3.63) is 69.7 Å². The lowest BCUT2D eigenvalue weighted by atomic mass is 9.90. The van der Waals surface area contributed by atoms with Gasteiger partial charge >= 0.3 is 0 Å². The van der Waals surface area contributed by atoms with Crippen LogP contribution in [0.3, 0.4) is 0 Å². The van der Waals surface area contributed by atoms with E-state index in [1.807, 2.05) is 0 Å². The molecule has 2 heterocycles. The lowest BCUT2D eigenvalue weighted by molar-refractivity contribution is 0.100. The molecule has 1 aliphatic heterocycles. The number of amides is 1. The second-order valence-corrected chi connectivity index (χ2v) is 7.07. The van der Waals surface area contributed by atoms with E-state index in [4.69, 9.17) is 27.3 Å². The van der Waals surface area contributed by atoms with Crippen LogP contribution in [0.1, 0.15) is 40.5 Å². The first-order chi connectivity index (χ1) is 14.7. The van der Waals surface area contributed by atoms with Crippen LogP contribution in [0.4, 0.5) is 18.9 Å². The van der Waals surface area contributed by atoms with E-state index in [9.17, 15) is 18.0 Å². The summed E-state index contributed by atoms with van der Waals surface area (Å²) in [4.78, 5) is 20.5. The summed E-state index contributed by atoms with van der Waals surface area (Å²) in [5.41, 5.74) is 3.72. The van der Waals surface area contributed by atoms with Crippen LogP contribution in [0.25, 0.3) is 0 Å². The van der Waals surface area contributed by atoms with Crippen LogP contribution in [0, 0.1) is 11.3 Å². The van der Waals surface area contributed by atoms with E-state index in [1.54, 1.807) is 13.0 Å². The molecule has 0 spiro atoms. The first-order valence-corrected chi connectivity index (χ1v) is 9.15. The molecule has 0 bridgehead atoms. The normalized spacial score (nSPS) is 18.0. The largest absolute Gasteiger partial charge is 0.428 e. The molecule has 1 aromatic heterocycles. The number of nitrogens with one attached hydrogen (secondary N) is 1. The van der Waals surface area contributed by atoms with Crippen molar-refractivity contribution in [2.45, 2.75) is 18.9 Å². The predicted octanol–water partition coefficient (Wildman–Crippen LogP) is 4.21. The van der Waals surface area contributed by atoms with Gasteiger partial charge in [-0.3, -0.25) is 4.79 Å². The number of hydrogen-bond donors (Lipinski definition) is 2. The molecule has 0 radical (unpaired) electrons. The Labute approximate surface area is 180 Å². The Kier molecular flexibility index (Phi) is 6.17. The number of carbonyl (C=O) groups excluding carboxylic acids is 1. The molecule has 0 saturated carbocycles.